The van der Waals surface area contributed by atoms with Gasteiger partial charge in [0.25, 0.3) is 0 Å². The number of carbonyl (C=O) groups excluding carboxylic acids is 2. The molecule has 0 spiro atoms. The van der Waals surface area contributed by atoms with Gasteiger partial charge in [0.05, 0.1) is 19.7 Å². The molecular formula is C30H44N4O4. The van der Waals surface area contributed by atoms with Gasteiger partial charge in [-0.1, -0.05) is 32.9 Å². The Morgan fingerprint density at radius 2 is 1.89 bits per heavy atom. The average Bonchev–Trinajstić information content (AvgIpc) is 3.43. The highest BCUT2D eigenvalue weighted by atomic mass is 16.5. The van der Waals surface area contributed by atoms with Crippen LogP contribution in [0.15, 0.2) is 34.7 Å². The van der Waals surface area contributed by atoms with Crippen molar-refractivity contribution in [3.63, 3.8) is 0 Å². The van der Waals surface area contributed by atoms with Gasteiger partial charge in [-0.25, -0.2) is 0 Å². The van der Waals surface area contributed by atoms with Crippen LogP contribution in [0, 0.1) is 19.3 Å². The number of carbonyl (C=O) groups is 2. The lowest BCUT2D eigenvalue weighted by atomic mass is 9.91. The summed E-state index contributed by atoms with van der Waals surface area (Å²) in [5.41, 5.74) is 1.99. The van der Waals surface area contributed by atoms with Gasteiger partial charge in [-0.3, -0.25) is 14.5 Å². The number of rotatable bonds is 8. The maximum atomic E-state index is 13.8. The Balaban J connectivity index is 1.62. The van der Waals surface area contributed by atoms with Crippen molar-refractivity contribution in [2.24, 2.45) is 5.41 Å². The molecule has 0 saturated carbocycles. The van der Waals surface area contributed by atoms with E-state index in [9.17, 15) is 9.59 Å². The first-order valence-corrected chi connectivity index (χ1v) is 13.8. The monoisotopic (exact) mass is 524 g/mol. The van der Waals surface area contributed by atoms with Gasteiger partial charge >= 0.3 is 0 Å². The summed E-state index contributed by atoms with van der Waals surface area (Å²) in [5.74, 6) is 2.80. The summed E-state index contributed by atoms with van der Waals surface area (Å²) in [6.45, 7) is 15.0. The van der Waals surface area contributed by atoms with E-state index in [4.69, 9.17) is 9.15 Å². The third-order valence-electron chi connectivity index (χ3n) is 7.60. The number of piperazine rings is 1. The summed E-state index contributed by atoms with van der Waals surface area (Å²) < 4.78 is 11.4. The molecule has 1 aromatic carbocycles. The second-order valence-electron chi connectivity index (χ2n) is 12.0. The molecule has 0 bridgehead atoms. The number of likely N-dealkylation sites (tertiary alicyclic amines) is 1. The van der Waals surface area contributed by atoms with Crippen LogP contribution in [0.25, 0.3) is 0 Å². The largest absolute Gasteiger partial charge is 0.497 e. The van der Waals surface area contributed by atoms with Crippen molar-refractivity contribution in [2.45, 2.75) is 72.6 Å². The second-order valence-corrected chi connectivity index (χ2v) is 12.0. The van der Waals surface area contributed by atoms with Crippen LogP contribution in [0.4, 0.5) is 0 Å². The van der Waals surface area contributed by atoms with E-state index in [1.165, 1.54) is 0 Å². The molecule has 2 fully saturated rings. The number of aryl methyl sites for hydroxylation is 2. The lowest BCUT2D eigenvalue weighted by molar-refractivity contribution is -0.138. The summed E-state index contributed by atoms with van der Waals surface area (Å²) in [5, 5.41) is 3.33. The average molecular weight is 525 g/mol. The molecule has 1 aromatic heterocycles. The quantitative estimate of drug-likeness (QED) is 0.567. The molecule has 2 amide bonds. The highest BCUT2D eigenvalue weighted by Gasteiger charge is 2.43. The van der Waals surface area contributed by atoms with Crippen LogP contribution in [-0.4, -0.2) is 78.4 Å². The fourth-order valence-electron chi connectivity index (χ4n) is 5.50. The topological polar surface area (TPSA) is 78.3 Å². The van der Waals surface area contributed by atoms with Crippen molar-refractivity contribution in [3.05, 3.63) is 53.0 Å². The summed E-state index contributed by atoms with van der Waals surface area (Å²) in [4.78, 5) is 33.7. The third kappa shape index (κ3) is 6.97. The lowest BCUT2D eigenvalue weighted by Crippen LogP contribution is -2.52. The van der Waals surface area contributed by atoms with Crippen LogP contribution in [0.2, 0.25) is 0 Å². The van der Waals surface area contributed by atoms with Gasteiger partial charge in [0.2, 0.25) is 11.8 Å². The summed E-state index contributed by atoms with van der Waals surface area (Å²) >= 11 is 0. The maximum absolute atomic E-state index is 13.8. The Morgan fingerprint density at radius 1 is 1.16 bits per heavy atom. The van der Waals surface area contributed by atoms with Gasteiger partial charge in [-0.15, -0.1) is 0 Å². The van der Waals surface area contributed by atoms with Gasteiger partial charge < -0.3 is 24.3 Å². The minimum Gasteiger partial charge on any atom is -0.497 e. The Morgan fingerprint density at radius 3 is 2.53 bits per heavy atom. The summed E-state index contributed by atoms with van der Waals surface area (Å²) in [7, 11) is 1.65. The van der Waals surface area contributed by atoms with E-state index in [1.54, 1.807) is 7.11 Å². The summed E-state index contributed by atoms with van der Waals surface area (Å²) in [6, 6.07) is 9.58. The molecule has 2 aromatic rings. The lowest BCUT2D eigenvalue weighted by Gasteiger charge is -2.32. The second kappa shape index (κ2) is 11.9. The van der Waals surface area contributed by atoms with Crippen molar-refractivity contribution in [1.82, 2.24) is 20.0 Å². The Hall–Kier alpha value is -2.84. The van der Waals surface area contributed by atoms with E-state index in [2.05, 4.69) is 37.1 Å². The molecular weight excluding hydrogens is 480 g/mol. The molecule has 0 radical (unpaired) electrons. The third-order valence-corrected chi connectivity index (χ3v) is 7.60. The molecule has 208 valence electrons. The zero-order valence-electron chi connectivity index (χ0n) is 23.9. The van der Waals surface area contributed by atoms with Gasteiger partial charge in [-0.05, 0) is 55.0 Å². The molecule has 2 aliphatic rings. The van der Waals surface area contributed by atoms with E-state index in [0.29, 0.717) is 45.6 Å². The number of nitrogens with one attached hydrogen (secondary N) is 1. The number of hydrogen-bond donors (Lipinski definition) is 1. The molecule has 8 heteroatoms. The van der Waals surface area contributed by atoms with Crippen LogP contribution in [0.3, 0.4) is 0 Å². The number of furan rings is 1. The van der Waals surface area contributed by atoms with Crippen LogP contribution in [0.1, 0.15) is 56.3 Å². The van der Waals surface area contributed by atoms with Crippen molar-refractivity contribution >= 4 is 11.8 Å². The Kier molecular flexibility index (Phi) is 8.83. The SMILES string of the molecule is COc1cccc(CN(C(=O)CC(C)(C)C)[C@H]2C[C@@H](C(=O)N3CCNCC3)N(Cc3cc(C)c(C)o3)C2)c1. The highest BCUT2D eigenvalue weighted by molar-refractivity contribution is 5.83. The molecule has 2 atom stereocenters. The molecule has 0 unspecified atom stereocenters. The number of amides is 2. The molecule has 4 rings (SSSR count). The zero-order valence-corrected chi connectivity index (χ0v) is 23.9. The molecule has 2 saturated heterocycles. The van der Waals surface area contributed by atoms with E-state index >= 15 is 0 Å². The smallest absolute Gasteiger partial charge is 0.240 e. The predicted molar refractivity (Wildman–Crippen MR) is 148 cm³/mol. The fourth-order valence-corrected chi connectivity index (χ4v) is 5.50. The minimum atomic E-state index is -0.293. The van der Waals surface area contributed by atoms with Crippen molar-refractivity contribution in [1.29, 1.82) is 0 Å². The summed E-state index contributed by atoms with van der Waals surface area (Å²) in [6.07, 6.45) is 1.06. The molecule has 8 nitrogen and oxygen atoms in total. The number of nitrogens with zero attached hydrogens (tertiary/aromatic N) is 3. The Bertz CT molecular complexity index is 1100. The molecule has 0 aliphatic carbocycles. The van der Waals surface area contributed by atoms with Gasteiger partial charge in [-0.2, -0.15) is 0 Å². The molecule has 3 heterocycles. The Labute approximate surface area is 227 Å². The zero-order chi connectivity index (χ0) is 27.4. The van der Waals surface area contributed by atoms with Crippen molar-refractivity contribution in [2.75, 3.05) is 39.8 Å². The number of ether oxygens (including phenoxy) is 1. The molecule has 1 N–H and O–H groups in total. The first-order chi connectivity index (χ1) is 18.0. The first kappa shape index (κ1) is 28.2. The van der Waals surface area contributed by atoms with Crippen LogP contribution in [-0.2, 0) is 22.7 Å². The number of methoxy groups -OCH3 is 1. The van der Waals surface area contributed by atoms with Crippen LogP contribution < -0.4 is 10.1 Å². The van der Waals surface area contributed by atoms with Gasteiger partial charge in [0.15, 0.2) is 0 Å². The predicted octanol–water partition coefficient (Wildman–Crippen LogP) is 3.74. The van der Waals surface area contributed by atoms with Crippen molar-refractivity contribution in [3.8, 4) is 5.75 Å². The fraction of sp³-hybridized carbons (Fsp3) is 0.600. The van der Waals surface area contributed by atoms with E-state index < -0.39 is 0 Å². The van der Waals surface area contributed by atoms with Gasteiger partial charge in [0.1, 0.15) is 17.3 Å². The molecule has 2 aliphatic heterocycles. The van der Waals surface area contributed by atoms with Crippen LogP contribution >= 0.6 is 0 Å². The normalized spacial score (nSPS) is 20.5. The van der Waals surface area contributed by atoms with E-state index in [0.717, 1.165) is 41.5 Å². The number of hydrogen-bond acceptors (Lipinski definition) is 6. The maximum Gasteiger partial charge on any atom is 0.240 e. The highest BCUT2D eigenvalue weighted by Crippen LogP contribution is 2.31. The standard InChI is InChI=1S/C30H44N4O4/c1-21-14-26(38-22(21)2)20-33-19-24(16-27(33)29(36)32-12-10-31-11-13-32)34(28(35)17-30(3,4)5)18-23-8-7-9-25(15-23)37-6/h7-9,14-15,24,27,31H,10-13,16-20H2,1-6H3/t24-,27-/m0/s1. The molecule has 38 heavy (non-hydrogen) atoms. The minimum absolute atomic E-state index is 0.0786. The van der Waals surface area contributed by atoms with E-state index in [1.807, 2.05) is 47.9 Å². The van der Waals surface area contributed by atoms with Gasteiger partial charge in [0, 0.05) is 51.7 Å². The first-order valence-electron chi connectivity index (χ1n) is 13.8. The number of benzene rings is 1. The van der Waals surface area contributed by atoms with E-state index in [-0.39, 0.29) is 29.3 Å². The van der Waals surface area contributed by atoms with Crippen molar-refractivity contribution < 1.29 is 18.7 Å². The van der Waals surface area contributed by atoms with Crippen LogP contribution in [0.5, 0.6) is 5.75 Å².